The molecule has 1 rings (SSSR count). The zero-order chi connectivity index (χ0) is 11.1. The van der Waals surface area contributed by atoms with Crippen molar-refractivity contribution in [1.82, 2.24) is 5.32 Å². The summed E-state index contributed by atoms with van der Waals surface area (Å²) in [6.45, 7) is 5.85. The van der Waals surface area contributed by atoms with E-state index < -0.39 is 0 Å². The third-order valence-electron chi connectivity index (χ3n) is 3.59. The molecule has 1 aliphatic carbocycles. The smallest absolute Gasteiger partial charge is 0.0456 e. The molecule has 2 N–H and O–H groups in total. The van der Waals surface area contributed by atoms with Crippen LogP contribution in [0.3, 0.4) is 0 Å². The van der Waals surface area contributed by atoms with Crippen LogP contribution >= 0.6 is 0 Å². The van der Waals surface area contributed by atoms with Gasteiger partial charge in [-0.3, -0.25) is 0 Å². The van der Waals surface area contributed by atoms with Crippen molar-refractivity contribution in [3.05, 3.63) is 0 Å². The molecule has 15 heavy (non-hydrogen) atoms. The third kappa shape index (κ3) is 5.53. The first-order valence-electron chi connectivity index (χ1n) is 6.56. The number of nitrogens with one attached hydrogen (secondary N) is 1. The number of aliphatic hydroxyl groups excluding tert-OH is 1. The van der Waals surface area contributed by atoms with Crippen LogP contribution in [0.1, 0.15) is 52.4 Å². The minimum atomic E-state index is 0.331. The van der Waals surface area contributed by atoms with E-state index in [9.17, 15) is 0 Å². The van der Waals surface area contributed by atoms with Crippen molar-refractivity contribution in [2.75, 3.05) is 13.2 Å². The Morgan fingerprint density at radius 1 is 1.33 bits per heavy atom. The number of aliphatic hydroxyl groups is 1. The quantitative estimate of drug-likeness (QED) is 0.607. The molecule has 1 saturated carbocycles. The number of hydrogen-bond acceptors (Lipinski definition) is 2. The lowest BCUT2D eigenvalue weighted by atomic mass is 9.81. The zero-order valence-electron chi connectivity index (χ0n) is 10.3. The van der Waals surface area contributed by atoms with Gasteiger partial charge in [0.25, 0.3) is 0 Å². The summed E-state index contributed by atoms with van der Waals surface area (Å²) < 4.78 is 0. The average Bonchev–Trinajstić information content (AvgIpc) is 2.18. The Kier molecular flexibility index (Phi) is 6.26. The Labute approximate surface area is 94.5 Å². The average molecular weight is 213 g/mol. The number of hydrogen-bond donors (Lipinski definition) is 2. The maximum Gasteiger partial charge on any atom is 0.0456 e. The van der Waals surface area contributed by atoms with E-state index >= 15 is 0 Å². The molecule has 2 atom stereocenters. The van der Waals surface area contributed by atoms with Gasteiger partial charge in [0.15, 0.2) is 0 Å². The highest BCUT2D eigenvalue weighted by Crippen LogP contribution is 2.30. The summed E-state index contributed by atoms with van der Waals surface area (Å²) in [5.41, 5.74) is 0. The van der Waals surface area contributed by atoms with Crippen LogP contribution < -0.4 is 5.32 Å². The topological polar surface area (TPSA) is 32.3 Å². The van der Waals surface area contributed by atoms with E-state index in [-0.39, 0.29) is 0 Å². The van der Waals surface area contributed by atoms with Crippen LogP contribution in [0.5, 0.6) is 0 Å². The second-order valence-electron chi connectivity index (χ2n) is 5.32. The van der Waals surface area contributed by atoms with Crippen molar-refractivity contribution >= 4 is 0 Å². The van der Waals surface area contributed by atoms with Gasteiger partial charge < -0.3 is 10.4 Å². The van der Waals surface area contributed by atoms with Crippen LogP contribution in [-0.4, -0.2) is 24.3 Å². The predicted molar refractivity (Wildman–Crippen MR) is 64.9 cm³/mol. The lowest BCUT2D eigenvalue weighted by Crippen LogP contribution is -2.31. The molecule has 2 heteroatoms. The highest BCUT2D eigenvalue weighted by Gasteiger charge is 2.19. The molecule has 2 unspecified atom stereocenters. The Hall–Kier alpha value is -0.0800. The van der Waals surface area contributed by atoms with E-state index in [2.05, 4.69) is 19.2 Å². The van der Waals surface area contributed by atoms with Gasteiger partial charge in [-0.2, -0.15) is 0 Å². The molecule has 1 aliphatic rings. The third-order valence-corrected chi connectivity index (χ3v) is 3.59. The highest BCUT2D eigenvalue weighted by atomic mass is 16.3. The second kappa shape index (κ2) is 7.24. The predicted octanol–water partition coefficient (Wildman–Crippen LogP) is 2.56. The molecule has 0 aromatic heterocycles. The van der Waals surface area contributed by atoms with Gasteiger partial charge in [-0.25, -0.2) is 0 Å². The fourth-order valence-electron chi connectivity index (χ4n) is 2.20. The summed E-state index contributed by atoms with van der Waals surface area (Å²) in [6, 6.07) is 0.680. The Morgan fingerprint density at radius 3 is 2.60 bits per heavy atom. The van der Waals surface area contributed by atoms with Crippen LogP contribution in [-0.2, 0) is 0 Å². The second-order valence-corrected chi connectivity index (χ2v) is 5.32. The van der Waals surface area contributed by atoms with E-state index in [0.717, 1.165) is 18.9 Å². The molecule has 0 spiro atoms. The molecule has 0 radical (unpaired) electrons. The molecule has 90 valence electrons. The minimum absolute atomic E-state index is 0.331. The monoisotopic (exact) mass is 213 g/mol. The molecule has 0 amide bonds. The number of rotatable bonds is 8. The fourth-order valence-corrected chi connectivity index (χ4v) is 2.20. The molecule has 0 aromatic rings. The molecule has 0 heterocycles. The molecule has 1 fully saturated rings. The van der Waals surface area contributed by atoms with Gasteiger partial charge in [0.1, 0.15) is 0 Å². The van der Waals surface area contributed by atoms with Gasteiger partial charge in [0, 0.05) is 12.6 Å². The van der Waals surface area contributed by atoms with Crippen LogP contribution in [0.2, 0.25) is 0 Å². The van der Waals surface area contributed by atoms with Gasteiger partial charge in [-0.1, -0.05) is 26.2 Å². The van der Waals surface area contributed by atoms with Gasteiger partial charge in [0.05, 0.1) is 0 Å². The van der Waals surface area contributed by atoms with Crippen molar-refractivity contribution < 1.29 is 5.11 Å². The summed E-state index contributed by atoms with van der Waals surface area (Å²) in [5.74, 6) is 1.47. The van der Waals surface area contributed by atoms with E-state index in [1.807, 2.05) is 0 Å². The first-order valence-corrected chi connectivity index (χ1v) is 6.56. The van der Waals surface area contributed by atoms with Gasteiger partial charge in [0.2, 0.25) is 0 Å². The van der Waals surface area contributed by atoms with E-state index in [1.54, 1.807) is 0 Å². The molecule has 0 aromatic carbocycles. The summed E-state index contributed by atoms with van der Waals surface area (Å²) in [5, 5.41) is 12.5. The Bertz CT molecular complexity index is 157. The van der Waals surface area contributed by atoms with Crippen LogP contribution in [0, 0.1) is 11.8 Å². The van der Waals surface area contributed by atoms with Gasteiger partial charge in [-0.05, 0) is 44.6 Å². The standard InChI is InChI=1S/C13H27NO/c1-11(10-15)5-4-8-14-12(2)9-13-6-3-7-13/h11-15H,3-10H2,1-2H3. The first-order chi connectivity index (χ1) is 7.22. The van der Waals surface area contributed by atoms with E-state index in [4.69, 9.17) is 5.11 Å². The Balaban J connectivity index is 1.89. The normalized spacial score (nSPS) is 21.0. The zero-order valence-corrected chi connectivity index (χ0v) is 10.3. The maximum atomic E-state index is 8.88. The molecule has 0 bridgehead atoms. The van der Waals surface area contributed by atoms with Crippen LogP contribution in [0.15, 0.2) is 0 Å². The summed E-state index contributed by atoms with van der Waals surface area (Å²) in [7, 11) is 0. The fraction of sp³-hybridized carbons (Fsp3) is 1.00. The van der Waals surface area contributed by atoms with Crippen LogP contribution in [0.4, 0.5) is 0 Å². The molecular formula is C13H27NO. The maximum absolute atomic E-state index is 8.88. The van der Waals surface area contributed by atoms with Crippen molar-refractivity contribution in [3.8, 4) is 0 Å². The summed E-state index contributed by atoms with van der Waals surface area (Å²) >= 11 is 0. The van der Waals surface area contributed by atoms with Crippen molar-refractivity contribution in [2.24, 2.45) is 11.8 Å². The van der Waals surface area contributed by atoms with Crippen molar-refractivity contribution in [1.29, 1.82) is 0 Å². The van der Waals surface area contributed by atoms with E-state index in [1.165, 1.54) is 32.1 Å². The molecular weight excluding hydrogens is 186 g/mol. The molecule has 2 nitrogen and oxygen atoms in total. The Morgan fingerprint density at radius 2 is 2.07 bits per heavy atom. The largest absolute Gasteiger partial charge is 0.396 e. The SMILES string of the molecule is CC(CO)CCCNC(C)CC1CCC1. The first kappa shape index (κ1) is 13.0. The van der Waals surface area contributed by atoms with Gasteiger partial charge in [-0.15, -0.1) is 0 Å². The van der Waals surface area contributed by atoms with Crippen LogP contribution in [0.25, 0.3) is 0 Å². The lowest BCUT2D eigenvalue weighted by molar-refractivity contribution is 0.226. The van der Waals surface area contributed by atoms with Gasteiger partial charge >= 0.3 is 0 Å². The van der Waals surface area contributed by atoms with E-state index in [0.29, 0.717) is 18.6 Å². The lowest BCUT2D eigenvalue weighted by Gasteiger charge is -2.28. The minimum Gasteiger partial charge on any atom is -0.396 e. The van der Waals surface area contributed by atoms with Crippen molar-refractivity contribution in [3.63, 3.8) is 0 Å². The molecule has 0 saturated heterocycles. The van der Waals surface area contributed by atoms with Crippen molar-refractivity contribution in [2.45, 2.75) is 58.4 Å². The molecule has 0 aliphatic heterocycles. The summed E-state index contributed by atoms with van der Waals surface area (Å²) in [6.07, 6.45) is 8.04. The summed E-state index contributed by atoms with van der Waals surface area (Å²) in [4.78, 5) is 0. The highest BCUT2D eigenvalue weighted by molar-refractivity contribution is 4.74.